The number of benzene rings is 1. The highest BCUT2D eigenvalue weighted by Gasteiger charge is 2.23. The molecule has 0 heterocycles. The van der Waals surface area contributed by atoms with E-state index in [2.05, 4.69) is 0 Å². The third kappa shape index (κ3) is 3.44. The van der Waals surface area contributed by atoms with Crippen LogP contribution in [0.15, 0.2) is 29.2 Å². The van der Waals surface area contributed by atoms with Crippen molar-refractivity contribution in [1.29, 1.82) is 0 Å². The van der Waals surface area contributed by atoms with Crippen LogP contribution >= 0.6 is 0 Å². The van der Waals surface area contributed by atoms with Crippen LogP contribution in [0.5, 0.6) is 5.75 Å². The van der Waals surface area contributed by atoms with Crippen LogP contribution in [0.25, 0.3) is 0 Å². The molecule has 5 heteroatoms. The first-order chi connectivity index (χ1) is 7.87. The van der Waals surface area contributed by atoms with E-state index in [0.717, 1.165) is 0 Å². The van der Waals surface area contributed by atoms with E-state index < -0.39 is 10.0 Å². The molecule has 1 N–H and O–H groups in total. The van der Waals surface area contributed by atoms with E-state index in [1.165, 1.54) is 28.6 Å². The van der Waals surface area contributed by atoms with Gasteiger partial charge in [-0.3, -0.25) is 0 Å². The number of phenols is 1. The molecule has 0 atom stereocenters. The first kappa shape index (κ1) is 14.0. The Hall–Kier alpha value is -1.07. The van der Waals surface area contributed by atoms with E-state index in [1.54, 1.807) is 0 Å². The average molecular weight is 257 g/mol. The van der Waals surface area contributed by atoms with Crippen LogP contribution in [0.2, 0.25) is 0 Å². The minimum atomic E-state index is -3.44. The van der Waals surface area contributed by atoms with Gasteiger partial charge in [-0.05, 0) is 30.2 Å². The van der Waals surface area contributed by atoms with Gasteiger partial charge in [0.05, 0.1) is 4.90 Å². The summed E-state index contributed by atoms with van der Waals surface area (Å²) < 4.78 is 26.0. The Balaban J connectivity index is 3.04. The summed E-state index contributed by atoms with van der Waals surface area (Å²) in [6.07, 6.45) is 0. The molecule has 0 aliphatic heterocycles. The van der Waals surface area contributed by atoms with Crippen LogP contribution in [0, 0.1) is 5.92 Å². The Kier molecular flexibility index (Phi) is 4.54. The Labute approximate surface area is 103 Å². The minimum Gasteiger partial charge on any atom is -0.508 e. The summed E-state index contributed by atoms with van der Waals surface area (Å²) in [6, 6.07) is 5.62. The molecule has 0 saturated carbocycles. The maximum Gasteiger partial charge on any atom is 0.243 e. The number of nitrogens with zero attached hydrogens (tertiary/aromatic N) is 1. The zero-order chi connectivity index (χ0) is 13.1. The van der Waals surface area contributed by atoms with Gasteiger partial charge < -0.3 is 5.11 Å². The molecule has 0 bridgehead atoms. The van der Waals surface area contributed by atoms with Gasteiger partial charge in [-0.1, -0.05) is 20.8 Å². The lowest BCUT2D eigenvalue weighted by atomic mass is 10.2. The first-order valence-corrected chi connectivity index (χ1v) is 7.11. The molecule has 0 spiro atoms. The van der Waals surface area contributed by atoms with Crippen molar-refractivity contribution in [3.05, 3.63) is 24.3 Å². The Morgan fingerprint density at radius 1 is 1.24 bits per heavy atom. The molecule has 0 aliphatic rings. The van der Waals surface area contributed by atoms with Gasteiger partial charge in [0.25, 0.3) is 0 Å². The van der Waals surface area contributed by atoms with Gasteiger partial charge >= 0.3 is 0 Å². The van der Waals surface area contributed by atoms with Gasteiger partial charge in [0.15, 0.2) is 0 Å². The van der Waals surface area contributed by atoms with Crippen molar-refractivity contribution in [3.63, 3.8) is 0 Å². The number of hydrogen-bond donors (Lipinski definition) is 1. The Morgan fingerprint density at radius 3 is 2.18 bits per heavy atom. The maximum atomic E-state index is 12.3. The number of hydrogen-bond acceptors (Lipinski definition) is 3. The largest absolute Gasteiger partial charge is 0.508 e. The van der Waals surface area contributed by atoms with Gasteiger partial charge in [0, 0.05) is 13.1 Å². The molecule has 0 radical (unpaired) electrons. The van der Waals surface area contributed by atoms with Crippen molar-refractivity contribution in [2.24, 2.45) is 5.92 Å². The van der Waals surface area contributed by atoms with Gasteiger partial charge in [0.1, 0.15) is 5.75 Å². The lowest BCUT2D eigenvalue weighted by Gasteiger charge is -2.22. The Bertz CT molecular complexity index is 451. The zero-order valence-corrected chi connectivity index (χ0v) is 11.2. The number of sulfonamides is 1. The predicted molar refractivity (Wildman–Crippen MR) is 67.4 cm³/mol. The molecular weight excluding hydrogens is 238 g/mol. The second kappa shape index (κ2) is 5.51. The molecule has 0 amide bonds. The van der Waals surface area contributed by atoms with E-state index in [-0.39, 0.29) is 16.6 Å². The van der Waals surface area contributed by atoms with E-state index in [0.29, 0.717) is 13.1 Å². The lowest BCUT2D eigenvalue weighted by Crippen LogP contribution is -2.34. The molecular formula is C12H19NO3S. The fourth-order valence-electron chi connectivity index (χ4n) is 1.57. The van der Waals surface area contributed by atoms with Gasteiger partial charge in [0.2, 0.25) is 10.0 Å². The monoisotopic (exact) mass is 257 g/mol. The molecule has 17 heavy (non-hydrogen) atoms. The van der Waals surface area contributed by atoms with Gasteiger partial charge in [-0.25, -0.2) is 8.42 Å². The first-order valence-electron chi connectivity index (χ1n) is 5.67. The molecule has 1 aromatic carbocycles. The molecule has 0 unspecified atom stereocenters. The van der Waals surface area contributed by atoms with Crippen LogP contribution in [-0.4, -0.2) is 30.9 Å². The standard InChI is InChI=1S/C12H19NO3S/c1-4-13(9-10(2)3)17(15,16)12-7-5-11(14)6-8-12/h5-8,10,14H,4,9H2,1-3H3. The fraction of sp³-hybridized carbons (Fsp3) is 0.500. The summed E-state index contributed by atoms with van der Waals surface area (Å²) in [5, 5.41) is 9.16. The second-order valence-electron chi connectivity index (χ2n) is 4.34. The molecule has 1 rings (SSSR count). The fourth-order valence-corrected chi connectivity index (χ4v) is 3.18. The van der Waals surface area contributed by atoms with E-state index in [9.17, 15) is 8.42 Å². The molecule has 0 saturated heterocycles. The third-order valence-corrected chi connectivity index (χ3v) is 4.35. The van der Waals surface area contributed by atoms with Crippen molar-refractivity contribution in [3.8, 4) is 5.75 Å². The summed E-state index contributed by atoms with van der Waals surface area (Å²) >= 11 is 0. The van der Waals surface area contributed by atoms with E-state index in [1.807, 2.05) is 20.8 Å². The Morgan fingerprint density at radius 2 is 1.76 bits per heavy atom. The number of rotatable bonds is 5. The average Bonchev–Trinajstić information content (AvgIpc) is 2.26. The minimum absolute atomic E-state index is 0.0656. The summed E-state index contributed by atoms with van der Waals surface area (Å²) in [5.41, 5.74) is 0. The molecule has 0 fully saturated rings. The molecule has 0 aromatic heterocycles. The van der Waals surface area contributed by atoms with E-state index >= 15 is 0 Å². The second-order valence-corrected chi connectivity index (χ2v) is 6.28. The van der Waals surface area contributed by atoms with Crippen molar-refractivity contribution in [2.45, 2.75) is 25.7 Å². The molecule has 0 aliphatic carbocycles. The smallest absolute Gasteiger partial charge is 0.243 e. The van der Waals surface area contributed by atoms with Crippen molar-refractivity contribution < 1.29 is 13.5 Å². The lowest BCUT2D eigenvalue weighted by molar-refractivity contribution is 0.381. The van der Waals surface area contributed by atoms with Gasteiger partial charge in [-0.2, -0.15) is 4.31 Å². The summed E-state index contributed by atoms with van der Waals surface area (Å²) in [4.78, 5) is 0.220. The van der Waals surface area contributed by atoms with Crippen LogP contribution < -0.4 is 0 Å². The predicted octanol–water partition coefficient (Wildman–Crippen LogP) is 2.06. The molecule has 1 aromatic rings. The normalized spacial score (nSPS) is 12.3. The highest BCUT2D eigenvalue weighted by molar-refractivity contribution is 7.89. The SMILES string of the molecule is CCN(CC(C)C)S(=O)(=O)c1ccc(O)cc1. The quantitative estimate of drug-likeness (QED) is 0.878. The van der Waals surface area contributed by atoms with Crippen molar-refractivity contribution in [1.82, 2.24) is 4.31 Å². The van der Waals surface area contributed by atoms with Crippen molar-refractivity contribution in [2.75, 3.05) is 13.1 Å². The summed E-state index contributed by atoms with van der Waals surface area (Å²) in [7, 11) is -3.44. The summed E-state index contributed by atoms with van der Waals surface area (Å²) in [6.45, 7) is 6.73. The van der Waals surface area contributed by atoms with Crippen LogP contribution in [0.4, 0.5) is 0 Å². The van der Waals surface area contributed by atoms with Crippen molar-refractivity contribution >= 4 is 10.0 Å². The number of aromatic hydroxyl groups is 1. The van der Waals surface area contributed by atoms with Crippen LogP contribution in [0.1, 0.15) is 20.8 Å². The van der Waals surface area contributed by atoms with Gasteiger partial charge in [-0.15, -0.1) is 0 Å². The van der Waals surface area contributed by atoms with E-state index in [4.69, 9.17) is 5.11 Å². The van der Waals surface area contributed by atoms with Crippen LogP contribution in [-0.2, 0) is 10.0 Å². The molecule has 4 nitrogen and oxygen atoms in total. The third-order valence-electron chi connectivity index (χ3n) is 2.40. The molecule has 96 valence electrons. The topological polar surface area (TPSA) is 57.6 Å². The highest BCUT2D eigenvalue weighted by Crippen LogP contribution is 2.19. The van der Waals surface area contributed by atoms with Crippen LogP contribution in [0.3, 0.4) is 0 Å². The number of phenolic OH excluding ortho intramolecular Hbond substituents is 1. The highest BCUT2D eigenvalue weighted by atomic mass is 32.2. The maximum absolute atomic E-state index is 12.3. The zero-order valence-electron chi connectivity index (χ0n) is 10.4. The summed E-state index contributed by atoms with van der Waals surface area (Å²) in [5.74, 6) is 0.345.